The van der Waals surface area contributed by atoms with Crippen LogP contribution in [-0.4, -0.2) is 29.1 Å². The largest absolute Gasteiger partial charge is 0.508 e. The van der Waals surface area contributed by atoms with Gasteiger partial charge in [0.05, 0.1) is 0 Å². The number of carbonyl (C=O) groups is 3. The van der Waals surface area contributed by atoms with Crippen molar-refractivity contribution < 1.29 is 19.5 Å². The number of rotatable bonds is 6. The quantitative estimate of drug-likeness (QED) is 0.384. The molecule has 0 radical (unpaired) electrons. The number of hydrogen-bond acceptors (Lipinski definition) is 4. The Morgan fingerprint density at radius 3 is 2.39 bits per heavy atom. The topological polar surface area (TPSA) is 83.5 Å². The highest BCUT2D eigenvalue weighted by atomic mass is 16.3. The van der Waals surface area contributed by atoms with Gasteiger partial charge in [0.15, 0.2) is 0 Å². The lowest BCUT2D eigenvalue weighted by atomic mass is 9.58. The van der Waals surface area contributed by atoms with Gasteiger partial charge >= 0.3 is 0 Å². The van der Waals surface area contributed by atoms with Gasteiger partial charge in [-0.05, 0) is 98.5 Å². The van der Waals surface area contributed by atoms with E-state index in [9.17, 15) is 19.5 Å². The Balaban J connectivity index is 1.10. The summed E-state index contributed by atoms with van der Waals surface area (Å²) < 4.78 is 0. The van der Waals surface area contributed by atoms with Gasteiger partial charge in [-0.25, -0.2) is 0 Å². The maximum atomic E-state index is 13.2. The number of aromatic hydroxyl groups is 1. The zero-order valence-electron chi connectivity index (χ0n) is 21.6. The average molecular weight is 510 g/mol. The summed E-state index contributed by atoms with van der Waals surface area (Å²) in [5.41, 5.74) is 4.42. The van der Waals surface area contributed by atoms with Gasteiger partial charge in [-0.3, -0.25) is 14.4 Å². The van der Waals surface area contributed by atoms with E-state index in [0.29, 0.717) is 30.4 Å². The zero-order chi connectivity index (χ0) is 26.2. The monoisotopic (exact) mass is 509 g/mol. The highest BCUT2D eigenvalue weighted by Crippen LogP contribution is 2.60. The van der Waals surface area contributed by atoms with Gasteiger partial charge < -0.3 is 10.4 Å². The summed E-state index contributed by atoms with van der Waals surface area (Å²) in [6.45, 7) is 0.469. The molecule has 0 saturated heterocycles. The van der Waals surface area contributed by atoms with Crippen molar-refractivity contribution in [3.8, 4) is 5.75 Å². The standard InChI is InChI=1S/C33H35NO4/c35-23-10-8-21(9-11-23)33(38)34-17-16-22-19-29-26-13-12-24-25(14-15-27(26)30(22)32(37)31(29)36)28(24)18-20-6-4-2-1-3-5-7-20/h1-11,22,24-25,28-30,35H,12-19H2,(H,34,38)/b2-1-,3-1?,4-2?,5-3-,6-4-,7-5?,20-6?,20-7+/t22?,24-,25+,28-,29?,30?/m1/s1. The Bertz CT molecular complexity index is 1290. The second kappa shape index (κ2) is 10.4. The number of nitrogens with one attached hydrogen (secondary N) is 1. The summed E-state index contributed by atoms with van der Waals surface area (Å²) >= 11 is 0. The SMILES string of the molecule is O=C(NCCC1CC2C(=O)C(=O)C1C1=C2CC[C@@H]2[C@H](CC1)[C@@H]2CC1=C/C=C\C=C/C=C\1)c1ccc(O)cc1. The van der Waals surface area contributed by atoms with E-state index in [1.54, 1.807) is 12.1 Å². The molecule has 3 unspecified atom stereocenters. The lowest BCUT2D eigenvalue weighted by Crippen LogP contribution is -2.48. The summed E-state index contributed by atoms with van der Waals surface area (Å²) in [6.07, 6.45) is 21.5. The van der Waals surface area contributed by atoms with E-state index in [1.807, 2.05) is 6.08 Å². The molecule has 196 valence electrons. The second-order valence-electron chi connectivity index (χ2n) is 11.5. The van der Waals surface area contributed by atoms with Crippen molar-refractivity contribution in [1.29, 1.82) is 0 Å². The molecule has 0 aromatic heterocycles. The fraction of sp³-hybridized carbons (Fsp3) is 0.424. The van der Waals surface area contributed by atoms with Crippen molar-refractivity contribution in [3.05, 3.63) is 89.1 Å². The molecule has 7 rings (SSSR count). The number of phenols is 1. The Morgan fingerprint density at radius 2 is 1.61 bits per heavy atom. The lowest BCUT2D eigenvalue weighted by molar-refractivity contribution is -0.145. The Morgan fingerprint density at radius 1 is 0.895 bits per heavy atom. The number of phenolic OH excluding ortho intramolecular Hbond substituents is 1. The van der Waals surface area contributed by atoms with E-state index >= 15 is 0 Å². The minimum absolute atomic E-state index is 0.111. The third kappa shape index (κ3) is 4.75. The molecule has 6 aliphatic rings. The summed E-state index contributed by atoms with van der Waals surface area (Å²) in [5.74, 6) is 1.26. The molecule has 2 bridgehead atoms. The van der Waals surface area contributed by atoms with E-state index in [1.165, 1.54) is 28.9 Å². The maximum Gasteiger partial charge on any atom is 0.251 e. The summed E-state index contributed by atoms with van der Waals surface area (Å²) in [6, 6.07) is 6.18. The summed E-state index contributed by atoms with van der Waals surface area (Å²) in [4.78, 5) is 38.6. The molecule has 1 amide bonds. The molecular weight excluding hydrogens is 474 g/mol. The van der Waals surface area contributed by atoms with E-state index in [2.05, 4.69) is 41.8 Å². The molecular formula is C33H35NO4. The van der Waals surface area contributed by atoms with Gasteiger partial charge in [-0.1, -0.05) is 53.7 Å². The third-order valence-electron chi connectivity index (χ3n) is 9.53. The molecule has 0 spiro atoms. The highest BCUT2D eigenvalue weighted by Gasteiger charge is 2.55. The van der Waals surface area contributed by atoms with E-state index in [4.69, 9.17) is 0 Å². The molecule has 6 aliphatic carbocycles. The number of Topliss-reactive ketones (excluding diaryl/α,β-unsaturated/α-hetero) is 2. The first-order valence-corrected chi connectivity index (χ1v) is 14.1. The molecule has 5 nitrogen and oxygen atoms in total. The van der Waals surface area contributed by atoms with Crippen LogP contribution >= 0.6 is 0 Å². The molecule has 0 heterocycles. The second-order valence-corrected chi connectivity index (χ2v) is 11.5. The van der Waals surface area contributed by atoms with Crippen LogP contribution in [0.5, 0.6) is 5.75 Å². The number of allylic oxidation sites excluding steroid dienone is 10. The van der Waals surface area contributed by atoms with Crippen LogP contribution in [0.4, 0.5) is 0 Å². The molecule has 6 atom stereocenters. The Hall–Kier alpha value is -3.47. The van der Waals surface area contributed by atoms with Crippen LogP contribution in [0.1, 0.15) is 55.3 Å². The predicted octanol–water partition coefficient (Wildman–Crippen LogP) is 5.65. The lowest BCUT2D eigenvalue weighted by Gasteiger charge is -2.44. The van der Waals surface area contributed by atoms with Crippen molar-refractivity contribution in [2.24, 2.45) is 35.5 Å². The first-order valence-electron chi connectivity index (χ1n) is 14.1. The van der Waals surface area contributed by atoms with Gasteiger partial charge in [0.25, 0.3) is 5.91 Å². The molecule has 5 heteroatoms. The molecule has 1 aromatic rings. The van der Waals surface area contributed by atoms with E-state index in [0.717, 1.165) is 44.4 Å². The number of ketones is 2. The van der Waals surface area contributed by atoms with Crippen LogP contribution in [0.3, 0.4) is 0 Å². The van der Waals surface area contributed by atoms with E-state index < -0.39 is 0 Å². The van der Waals surface area contributed by atoms with Crippen molar-refractivity contribution >= 4 is 17.5 Å². The molecule has 1 aromatic carbocycles. The number of fused-ring (bicyclic) bond motifs is 3. The first kappa shape index (κ1) is 24.8. The van der Waals surface area contributed by atoms with Crippen LogP contribution < -0.4 is 5.32 Å². The van der Waals surface area contributed by atoms with E-state index in [-0.39, 0.29) is 41.0 Å². The number of hydrogen-bond donors (Lipinski definition) is 2. The molecule has 2 fully saturated rings. The number of benzene rings is 1. The van der Waals surface area contributed by atoms with Gasteiger partial charge in [0.2, 0.25) is 11.6 Å². The van der Waals surface area contributed by atoms with Crippen LogP contribution in [0, 0.1) is 35.5 Å². The average Bonchev–Trinajstić information content (AvgIpc) is 3.53. The van der Waals surface area contributed by atoms with Crippen LogP contribution in [0.15, 0.2) is 83.5 Å². The normalized spacial score (nSPS) is 35.4. The maximum absolute atomic E-state index is 13.2. The van der Waals surface area contributed by atoms with Gasteiger partial charge in [0.1, 0.15) is 5.75 Å². The van der Waals surface area contributed by atoms with Crippen LogP contribution in [-0.2, 0) is 9.59 Å². The first-order chi connectivity index (χ1) is 18.5. The predicted molar refractivity (Wildman–Crippen MR) is 146 cm³/mol. The molecule has 2 N–H and O–H groups in total. The molecule has 2 saturated carbocycles. The Kier molecular flexibility index (Phi) is 6.77. The van der Waals surface area contributed by atoms with Gasteiger partial charge in [-0.15, -0.1) is 0 Å². The summed E-state index contributed by atoms with van der Waals surface area (Å²) in [5, 5.41) is 12.4. The van der Waals surface area contributed by atoms with Crippen LogP contribution in [0.25, 0.3) is 0 Å². The number of amides is 1. The van der Waals surface area contributed by atoms with Crippen molar-refractivity contribution in [2.45, 2.75) is 44.9 Å². The minimum Gasteiger partial charge on any atom is -0.508 e. The van der Waals surface area contributed by atoms with Crippen LogP contribution in [0.2, 0.25) is 0 Å². The van der Waals surface area contributed by atoms with Gasteiger partial charge in [0, 0.05) is 23.9 Å². The van der Waals surface area contributed by atoms with Crippen molar-refractivity contribution in [3.63, 3.8) is 0 Å². The summed E-state index contributed by atoms with van der Waals surface area (Å²) in [7, 11) is 0. The fourth-order valence-electron chi connectivity index (χ4n) is 7.62. The fourth-order valence-corrected chi connectivity index (χ4v) is 7.62. The third-order valence-corrected chi connectivity index (χ3v) is 9.53. The highest BCUT2D eigenvalue weighted by molar-refractivity contribution is 6.41. The smallest absolute Gasteiger partial charge is 0.251 e. The molecule has 38 heavy (non-hydrogen) atoms. The Labute approximate surface area is 224 Å². The van der Waals surface area contributed by atoms with Crippen molar-refractivity contribution in [1.82, 2.24) is 5.32 Å². The minimum atomic E-state index is -0.296. The zero-order valence-corrected chi connectivity index (χ0v) is 21.6. The number of carbonyl (C=O) groups excluding carboxylic acids is 3. The van der Waals surface area contributed by atoms with Crippen molar-refractivity contribution in [2.75, 3.05) is 6.54 Å². The molecule has 0 aliphatic heterocycles. The van der Waals surface area contributed by atoms with Gasteiger partial charge in [-0.2, -0.15) is 0 Å².